The van der Waals surface area contributed by atoms with Crippen molar-refractivity contribution < 1.29 is 27.1 Å². The first-order chi connectivity index (χ1) is 22.1. The summed E-state index contributed by atoms with van der Waals surface area (Å²) in [6.07, 6.45) is 0.337. The Morgan fingerprint density at radius 2 is 1.85 bits per heavy atom. The van der Waals surface area contributed by atoms with E-state index < -0.39 is 23.6 Å². The summed E-state index contributed by atoms with van der Waals surface area (Å²) in [6, 6.07) is 20.1. The quantitative estimate of drug-likeness (QED) is 0.255. The van der Waals surface area contributed by atoms with E-state index in [0.29, 0.717) is 24.1 Å². The van der Waals surface area contributed by atoms with Gasteiger partial charge < -0.3 is 15.0 Å². The van der Waals surface area contributed by atoms with Crippen molar-refractivity contribution in [2.75, 3.05) is 32.1 Å². The molecule has 3 aromatic rings. The van der Waals surface area contributed by atoms with Crippen LogP contribution in [0, 0.1) is 29.0 Å². The van der Waals surface area contributed by atoms with E-state index in [1.807, 2.05) is 29.2 Å². The van der Waals surface area contributed by atoms with Crippen molar-refractivity contribution >= 4 is 11.7 Å². The van der Waals surface area contributed by atoms with Gasteiger partial charge in [-0.05, 0) is 122 Å². The first-order valence-corrected chi connectivity index (χ1v) is 15.9. The minimum Gasteiger partial charge on any atom is -0.497 e. The Balaban J connectivity index is 1.15. The van der Waals surface area contributed by atoms with Gasteiger partial charge in [0, 0.05) is 24.8 Å². The zero-order valence-corrected chi connectivity index (χ0v) is 25.8. The highest BCUT2D eigenvalue weighted by molar-refractivity contribution is 5.89. The van der Waals surface area contributed by atoms with E-state index in [1.165, 1.54) is 17.2 Å². The summed E-state index contributed by atoms with van der Waals surface area (Å²) in [5.74, 6) is 0.0546. The maximum atomic E-state index is 14.0. The number of likely N-dealkylation sites (tertiary alicyclic amines) is 1. The molecule has 0 bridgehead atoms. The van der Waals surface area contributed by atoms with Crippen molar-refractivity contribution in [3.8, 4) is 11.8 Å². The predicted octanol–water partition coefficient (Wildman–Crippen LogP) is 7.98. The summed E-state index contributed by atoms with van der Waals surface area (Å²) >= 11 is 0. The molecular weight excluding hydrogens is 596 g/mol. The highest BCUT2D eigenvalue weighted by atomic mass is 19.4. The van der Waals surface area contributed by atoms with Crippen LogP contribution in [0.4, 0.5) is 28.0 Å². The standard InChI is InChI=1S/C36H38F4N4O2/c1-46-31-8-5-24(6-9-31)22-43-15-12-25(13-16-43)23-44(34(45)42-29-7-10-33(37)32(19-29)36(38,39)40)30-11-14-35(20-28(35)18-30)27-4-2-3-26(17-27)21-41/h2-10,17,19,25,28,30H,11-16,18,20,22-23H2,1H3,(H,42,45)/t28?,30-,35+/m0/s1. The second-order valence-corrected chi connectivity index (χ2v) is 13.0. The number of amides is 2. The molecule has 2 saturated carbocycles. The first kappa shape index (κ1) is 31.9. The predicted molar refractivity (Wildman–Crippen MR) is 167 cm³/mol. The Kier molecular flexibility index (Phi) is 8.97. The summed E-state index contributed by atoms with van der Waals surface area (Å²) in [4.78, 5) is 18.1. The number of hydrogen-bond donors (Lipinski definition) is 1. The molecule has 1 aliphatic heterocycles. The number of benzene rings is 3. The second-order valence-electron chi connectivity index (χ2n) is 13.0. The largest absolute Gasteiger partial charge is 0.497 e. The zero-order valence-electron chi connectivity index (χ0n) is 25.8. The number of carbonyl (C=O) groups is 1. The summed E-state index contributed by atoms with van der Waals surface area (Å²) in [6.45, 7) is 3.09. The Morgan fingerprint density at radius 3 is 2.52 bits per heavy atom. The number of anilines is 1. The van der Waals surface area contributed by atoms with Crippen LogP contribution in [0.3, 0.4) is 0 Å². The number of nitrogens with zero attached hydrogens (tertiary/aromatic N) is 3. The lowest BCUT2D eigenvalue weighted by atomic mass is 9.79. The van der Waals surface area contributed by atoms with Gasteiger partial charge in [-0.3, -0.25) is 4.90 Å². The molecule has 1 heterocycles. The molecule has 6 nitrogen and oxygen atoms in total. The van der Waals surface area contributed by atoms with Crippen LogP contribution in [0.2, 0.25) is 0 Å². The Morgan fingerprint density at radius 1 is 1.09 bits per heavy atom. The van der Waals surface area contributed by atoms with E-state index in [0.717, 1.165) is 70.0 Å². The Hall–Kier alpha value is -4.10. The first-order valence-electron chi connectivity index (χ1n) is 15.9. The van der Waals surface area contributed by atoms with Crippen LogP contribution >= 0.6 is 0 Å². The number of urea groups is 1. The lowest BCUT2D eigenvalue weighted by Crippen LogP contribution is -2.49. The lowest BCUT2D eigenvalue weighted by Gasteiger charge is -2.40. The van der Waals surface area contributed by atoms with Crippen LogP contribution in [0.15, 0.2) is 66.7 Å². The van der Waals surface area contributed by atoms with Crippen molar-refractivity contribution in [2.24, 2.45) is 11.8 Å². The van der Waals surface area contributed by atoms with E-state index in [4.69, 9.17) is 4.74 Å². The zero-order chi connectivity index (χ0) is 32.5. The molecule has 3 atom stereocenters. The maximum absolute atomic E-state index is 14.0. The minimum atomic E-state index is -4.87. The van der Waals surface area contributed by atoms with E-state index in [-0.39, 0.29) is 23.1 Å². The van der Waals surface area contributed by atoms with Crippen LogP contribution in [0.25, 0.3) is 0 Å². The molecule has 0 aromatic heterocycles. The fourth-order valence-corrected chi connectivity index (χ4v) is 7.55. The molecule has 6 rings (SSSR count). The maximum Gasteiger partial charge on any atom is 0.419 e. The number of ether oxygens (including phenoxy) is 1. The highest BCUT2D eigenvalue weighted by Gasteiger charge is 2.58. The number of fused-ring (bicyclic) bond motifs is 1. The number of alkyl halides is 3. The minimum absolute atomic E-state index is 0.0108. The van der Waals surface area contributed by atoms with Crippen molar-refractivity contribution in [1.82, 2.24) is 9.80 Å². The van der Waals surface area contributed by atoms with E-state index in [1.54, 1.807) is 13.2 Å². The number of halogens is 4. The van der Waals surface area contributed by atoms with Crippen LogP contribution in [-0.2, 0) is 18.1 Å². The molecule has 242 valence electrons. The normalized spacial score (nSPS) is 23.2. The van der Waals surface area contributed by atoms with E-state index in [2.05, 4.69) is 34.5 Å². The van der Waals surface area contributed by atoms with Gasteiger partial charge in [-0.15, -0.1) is 0 Å². The molecule has 0 spiro atoms. The average molecular weight is 635 g/mol. The highest BCUT2D eigenvalue weighted by Crippen LogP contribution is 2.63. The fourth-order valence-electron chi connectivity index (χ4n) is 7.55. The van der Waals surface area contributed by atoms with Crippen LogP contribution in [-0.4, -0.2) is 48.6 Å². The summed E-state index contributed by atoms with van der Waals surface area (Å²) in [5, 5.41) is 12.1. The summed E-state index contributed by atoms with van der Waals surface area (Å²) in [5.41, 5.74) is 1.53. The number of rotatable bonds is 8. The Labute approximate surface area is 266 Å². The van der Waals surface area contributed by atoms with Crippen molar-refractivity contribution in [2.45, 2.75) is 62.7 Å². The van der Waals surface area contributed by atoms with Gasteiger partial charge in [0.2, 0.25) is 0 Å². The van der Waals surface area contributed by atoms with Gasteiger partial charge in [-0.2, -0.15) is 18.4 Å². The molecule has 3 aromatic carbocycles. The summed E-state index contributed by atoms with van der Waals surface area (Å²) < 4.78 is 59.5. The molecule has 0 radical (unpaired) electrons. The number of nitriles is 1. The van der Waals surface area contributed by atoms with Gasteiger partial charge in [-0.1, -0.05) is 24.3 Å². The molecule has 1 N–H and O–H groups in total. The molecule has 10 heteroatoms. The number of methoxy groups -OCH3 is 1. The third-order valence-corrected chi connectivity index (χ3v) is 10.2. The van der Waals surface area contributed by atoms with E-state index >= 15 is 0 Å². The average Bonchev–Trinajstić information content (AvgIpc) is 3.80. The SMILES string of the molecule is COc1ccc(CN2CCC(CN(C(=O)Nc3ccc(F)c(C(F)(F)F)c3)[C@H]3CC[C@]4(c5cccc(C#N)c5)CC4C3)CC2)cc1. The number of hydrogen-bond acceptors (Lipinski definition) is 4. The van der Waals surface area contributed by atoms with Gasteiger partial charge in [0.1, 0.15) is 11.6 Å². The third kappa shape index (κ3) is 6.85. The Bertz CT molecular complexity index is 1600. The lowest BCUT2D eigenvalue weighted by molar-refractivity contribution is -0.139. The van der Waals surface area contributed by atoms with Crippen LogP contribution in [0.1, 0.15) is 60.8 Å². The molecule has 3 aliphatic rings. The molecule has 46 heavy (non-hydrogen) atoms. The monoisotopic (exact) mass is 634 g/mol. The second kappa shape index (κ2) is 13.0. The van der Waals surface area contributed by atoms with Gasteiger partial charge in [0.25, 0.3) is 0 Å². The number of carbonyl (C=O) groups excluding carboxylic acids is 1. The topological polar surface area (TPSA) is 68.6 Å². The fraction of sp³-hybridized carbons (Fsp3) is 0.444. The molecule has 1 saturated heterocycles. The molecular formula is C36H38F4N4O2. The van der Waals surface area contributed by atoms with Crippen LogP contribution in [0.5, 0.6) is 5.75 Å². The molecule has 2 amide bonds. The van der Waals surface area contributed by atoms with Gasteiger partial charge in [0.15, 0.2) is 0 Å². The smallest absolute Gasteiger partial charge is 0.419 e. The van der Waals surface area contributed by atoms with Crippen molar-refractivity contribution in [3.63, 3.8) is 0 Å². The molecule has 1 unspecified atom stereocenters. The number of nitrogens with one attached hydrogen (secondary N) is 1. The van der Waals surface area contributed by atoms with Gasteiger partial charge in [-0.25, -0.2) is 9.18 Å². The number of piperidine rings is 1. The van der Waals surface area contributed by atoms with Crippen molar-refractivity contribution in [1.29, 1.82) is 5.26 Å². The van der Waals surface area contributed by atoms with Crippen molar-refractivity contribution in [3.05, 3.63) is 94.8 Å². The molecule has 3 fully saturated rings. The van der Waals surface area contributed by atoms with E-state index in [9.17, 15) is 27.6 Å². The molecule has 2 aliphatic carbocycles. The van der Waals surface area contributed by atoms with Crippen LogP contribution < -0.4 is 10.1 Å². The van der Waals surface area contributed by atoms with Gasteiger partial charge >= 0.3 is 12.2 Å². The third-order valence-electron chi connectivity index (χ3n) is 10.2. The summed E-state index contributed by atoms with van der Waals surface area (Å²) in [7, 11) is 1.64. The van der Waals surface area contributed by atoms with Gasteiger partial charge in [0.05, 0.1) is 24.3 Å².